The van der Waals surface area contributed by atoms with Gasteiger partial charge in [0.25, 0.3) is 0 Å². The number of rotatable bonds is 2. The van der Waals surface area contributed by atoms with E-state index in [2.05, 4.69) is 15.0 Å². The Morgan fingerprint density at radius 3 is 2.53 bits per heavy atom. The topological polar surface area (TPSA) is 73.9 Å². The first-order valence-electron chi connectivity index (χ1n) is 5.70. The number of ether oxygens (including phenoxy) is 1. The predicted molar refractivity (Wildman–Crippen MR) is 69.0 cm³/mol. The van der Waals surface area contributed by atoms with Crippen molar-refractivity contribution in [3.63, 3.8) is 0 Å². The zero-order chi connectivity index (χ0) is 12.8. The van der Waals surface area contributed by atoms with Crippen molar-refractivity contribution < 1.29 is 4.74 Å². The molecule has 5 nitrogen and oxygen atoms in total. The molecule has 2 N–H and O–H groups in total. The maximum Gasteiger partial charge on any atom is 0.153 e. The van der Waals surface area contributed by atoms with Crippen LogP contribution in [0.5, 0.6) is 5.75 Å². The molecule has 5 heteroatoms. The van der Waals surface area contributed by atoms with Crippen molar-refractivity contribution in [3.8, 4) is 5.75 Å². The molecule has 0 bridgehead atoms. The van der Waals surface area contributed by atoms with Crippen LogP contribution in [-0.2, 0) is 6.42 Å². The first kappa shape index (κ1) is 13.2. The lowest BCUT2D eigenvalue weighted by molar-refractivity contribution is 0.418. The number of aryl methyl sites for hydroxylation is 1. The van der Waals surface area contributed by atoms with Gasteiger partial charge in [-0.25, -0.2) is 15.0 Å². The van der Waals surface area contributed by atoms with Crippen LogP contribution in [0.1, 0.15) is 26.5 Å². The van der Waals surface area contributed by atoms with Gasteiger partial charge in [-0.05, 0) is 6.42 Å². The molecule has 0 amide bonds. The van der Waals surface area contributed by atoms with Crippen LogP contribution in [0.3, 0.4) is 0 Å². The zero-order valence-electron chi connectivity index (χ0n) is 10.7. The molecule has 2 aromatic heterocycles. The molecular weight excluding hydrogens is 216 g/mol. The second-order valence-electron chi connectivity index (χ2n) is 3.13. The van der Waals surface area contributed by atoms with E-state index in [0.29, 0.717) is 22.6 Å². The second kappa shape index (κ2) is 5.98. The highest BCUT2D eigenvalue weighted by atomic mass is 16.5. The van der Waals surface area contributed by atoms with E-state index in [1.165, 1.54) is 6.33 Å². The summed E-state index contributed by atoms with van der Waals surface area (Å²) in [6, 6.07) is 1.87. The van der Waals surface area contributed by atoms with Crippen LogP contribution in [0.2, 0.25) is 0 Å². The molecule has 0 unspecified atom stereocenters. The number of hydrogen-bond acceptors (Lipinski definition) is 5. The molecule has 2 aromatic rings. The Kier molecular flexibility index (Phi) is 4.63. The molecule has 0 saturated heterocycles. The number of hydrogen-bond donors (Lipinski definition) is 1. The summed E-state index contributed by atoms with van der Waals surface area (Å²) in [4.78, 5) is 12.4. The van der Waals surface area contributed by atoms with Gasteiger partial charge in [0.2, 0.25) is 0 Å². The van der Waals surface area contributed by atoms with E-state index in [9.17, 15) is 0 Å². The normalized spacial score (nSPS) is 9.65. The maximum absolute atomic E-state index is 5.73. The average molecular weight is 234 g/mol. The van der Waals surface area contributed by atoms with Gasteiger partial charge in [0.05, 0.1) is 7.11 Å². The third-order valence-corrected chi connectivity index (χ3v) is 2.22. The quantitative estimate of drug-likeness (QED) is 0.862. The van der Waals surface area contributed by atoms with Crippen molar-refractivity contribution in [2.75, 3.05) is 12.8 Å². The second-order valence-corrected chi connectivity index (χ2v) is 3.13. The Hall–Kier alpha value is -1.91. The van der Waals surface area contributed by atoms with Crippen LogP contribution in [0.25, 0.3) is 11.0 Å². The van der Waals surface area contributed by atoms with Gasteiger partial charge >= 0.3 is 0 Å². The molecule has 0 radical (unpaired) electrons. The maximum atomic E-state index is 5.73. The Morgan fingerprint density at radius 2 is 1.94 bits per heavy atom. The summed E-state index contributed by atoms with van der Waals surface area (Å²) in [7, 11) is 1.60. The van der Waals surface area contributed by atoms with Crippen molar-refractivity contribution in [3.05, 3.63) is 18.1 Å². The fourth-order valence-electron chi connectivity index (χ4n) is 1.42. The van der Waals surface area contributed by atoms with Crippen molar-refractivity contribution in [2.24, 2.45) is 0 Å². The van der Waals surface area contributed by atoms with Gasteiger partial charge in [-0.3, -0.25) is 0 Å². The number of fused-ring (bicyclic) bond motifs is 1. The minimum absolute atomic E-state index is 0.383. The number of anilines is 1. The van der Waals surface area contributed by atoms with E-state index in [-0.39, 0.29) is 0 Å². The average Bonchev–Trinajstić information content (AvgIpc) is 2.40. The highest BCUT2D eigenvalue weighted by Gasteiger charge is 2.09. The smallest absolute Gasteiger partial charge is 0.153 e. The van der Waals surface area contributed by atoms with Crippen molar-refractivity contribution >= 4 is 16.9 Å². The Bertz CT molecular complexity index is 499. The third-order valence-electron chi connectivity index (χ3n) is 2.22. The molecule has 2 rings (SSSR count). The lowest BCUT2D eigenvalue weighted by Crippen LogP contribution is -2.00. The summed E-state index contributed by atoms with van der Waals surface area (Å²) in [5, 5.41) is 0. The van der Waals surface area contributed by atoms with Crippen LogP contribution in [0, 0.1) is 0 Å². The molecule has 92 valence electrons. The molecule has 0 saturated carbocycles. The standard InChI is InChI=1S/C10H12N4O.C2H6/c1-3-6-4-7(15-2)8-9(14-6)10(11)13-5-12-8;1-2/h4-5H,3H2,1-2H3,(H2,11,12,13);1-2H3. The van der Waals surface area contributed by atoms with Gasteiger partial charge in [-0.2, -0.15) is 0 Å². The summed E-state index contributed by atoms with van der Waals surface area (Å²) in [5.74, 6) is 1.07. The van der Waals surface area contributed by atoms with E-state index < -0.39 is 0 Å². The molecule has 17 heavy (non-hydrogen) atoms. The zero-order valence-corrected chi connectivity index (χ0v) is 10.7. The molecule has 0 atom stereocenters. The molecule has 0 spiro atoms. The van der Waals surface area contributed by atoms with Crippen molar-refractivity contribution in [1.82, 2.24) is 15.0 Å². The Balaban J connectivity index is 0.000000686. The third kappa shape index (κ3) is 2.61. The first-order chi connectivity index (χ1) is 8.26. The van der Waals surface area contributed by atoms with Gasteiger partial charge in [-0.1, -0.05) is 20.8 Å². The molecule has 0 aliphatic heterocycles. The Morgan fingerprint density at radius 1 is 1.24 bits per heavy atom. The Labute approximate surface area is 101 Å². The summed E-state index contributed by atoms with van der Waals surface area (Å²) in [6.45, 7) is 6.02. The summed E-state index contributed by atoms with van der Waals surface area (Å²) in [5.41, 5.74) is 7.91. The highest BCUT2D eigenvalue weighted by molar-refractivity contribution is 5.88. The first-order valence-corrected chi connectivity index (χ1v) is 5.70. The molecule has 2 heterocycles. The number of aromatic nitrogens is 3. The minimum Gasteiger partial charge on any atom is -0.494 e. The van der Waals surface area contributed by atoms with Crippen LogP contribution in [0.4, 0.5) is 5.82 Å². The van der Waals surface area contributed by atoms with Crippen LogP contribution in [0.15, 0.2) is 12.4 Å². The van der Waals surface area contributed by atoms with Gasteiger partial charge in [0, 0.05) is 11.8 Å². The predicted octanol–water partition coefficient (Wildman–Crippen LogP) is 2.20. The minimum atomic E-state index is 0.383. The summed E-state index contributed by atoms with van der Waals surface area (Å²) < 4.78 is 5.24. The van der Waals surface area contributed by atoms with Crippen LogP contribution < -0.4 is 10.5 Å². The molecule has 0 aliphatic rings. The van der Waals surface area contributed by atoms with Gasteiger partial charge in [0.1, 0.15) is 23.1 Å². The molecule has 0 aromatic carbocycles. The monoisotopic (exact) mass is 234 g/mol. The number of methoxy groups -OCH3 is 1. The SMILES string of the molecule is CC.CCc1cc(OC)c2ncnc(N)c2n1. The van der Waals surface area contributed by atoms with Gasteiger partial charge < -0.3 is 10.5 Å². The molecular formula is C12H18N4O. The van der Waals surface area contributed by atoms with Gasteiger partial charge in [-0.15, -0.1) is 0 Å². The van der Waals surface area contributed by atoms with Gasteiger partial charge in [0.15, 0.2) is 5.82 Å². The van der Waals surface area contributed by atoms with E-state index in [1.54, 1.807) is 7.11 Å². The van der Waals surface area contributed by atoms with Crippen LogP contribution >= 0.6 is 0 Å². The van der Waals surface area contributed by atoms with E-state index in [0.717, 1.165) is 12.1 Å². The lowest BCUT2D eigenvalue weighted by atomic mass is 10.2. The summed E-state index contributed by atoms with van der Waals surface area (Å²) in [6.07, 6.45) is 2.23. The number of nitrogens with zero attached hydrogens (tertiary/aromatic N) is 3. The number of nitrogens with two attached hydrogens (primary N) is 1. The fourth-order valence-corrected chi connectivity index (χ4v) is 1.42. The van der Waals surface area contributed by atoms with Crippen molar-refractivity contribution in [1.29, 1.82) is 0 Å². The van der Waals surface area contributed by atoms with E-state index in [4.69, 9.17) is 10.5 Å². The number of nitrogen functional groups attached to an aromatic ring is 1. The fraction of sp³-hybridized carbons (Fsp3) is 0.417. The summed E-state index contributed by atoms with van der Waals surface area (Å²) >= 11 is 0. The molecule has 0 aliphatic carbocycles. The molecule has 0 fully saturated rings. The highest BCUT2D eigenvalue weighted by Crippen LogP contribution is 2.25. The lowest BCUT2D eigenvalue weighted by Gasteiger charge is -2.07. The largest absolute Gasteiger partial charge is 0.494 e. The van der Waals surface area contributed by atoms with E-state index in [1.807, 2.05) is 26.8 Å². The number of pyridine rings is 1. The van der Waals surface area contributed by atoms with Crippen molar-refractivity contribution in [2.45, 2.75) is 27.2 Å². The van der Waals surface area contributed by atoms with Crippen LogP contribution in [-0.4, -0.2) is 22.1 Å². The van der Waals surface area contributed by atoms with E-state index >= 15 is 0 Å².